The molecule has 0 fully saturated rings. The molecular formula is C14H22N2O3. The molecule has 0 spiro atoms. The van der Waals surface area contributed by atoms with E-state index in [-0.39, 0.29) is 18.0 Å². The van der Waals surface area contributed by atoms with Crippen molar-refractivity contribution in [2.75, 3.05) is 14.2 Å². The predicted octanol–water partition coefficient (Wildman–Crippen LogP) is 1.56. The summed E-state index contributed by atoms with van der Waals surface area (Å²) in [7, 11) is 3.10. The summed E-state index contributed by atoms with van der Waals surface area (Å²) in [6.07, 6.45) is 0.735. The summed E-state index contributed by atoms with van der Waals surface area (Å²) in [5, 5.41) is 2.90. The second-order valence-corrected chi connectivity index (χ2v) is 4.66. The van der Waals surface area contributed by atoms with Crippen molar-refractivity contribution >= 4 is 5.91 Å². The van der Waals surface area contributed by atoms with Crippen LogP contribution in [0.4, 0.5) is 0 Å². The summed E-state index contributed by atoms with van der Waals surface area (Å²) in [4.78, 5) is 12.1. The minimum atomic E-state index is -0.144. The van der Waals surface area contributed by atoms with Crippen LogP contribution in [0, 0.1) is 0 Å². The number of hydrogen-bond donors (Lipinski definition) is 2. The lowest BCUT2D eigenvalue weighted by molar-refractivity contribution is 0.0937. The Labute approximate surface area is 114 Å². The summed E-state index contributed by atoms with van der Waals surface area (Å²) < 4.78 is 10.3. The highest BCUT2D eigenvalue weighted by Gasteiger charge is 2.13. The van der Waals surface area contributed by atoms with E-state index in [9.17, 15) is 4.79 Å². The second-order valence-electron chi connectivity index (χ2n) is 4.66. The van der Waals surface area contributed by atoms with Crippen molar-refractivity contribution in [3.63, 3.8) is 0 Å². The maximum Gasteiger partial charge on any atom is 0.251 e. The molecule has 3 N–H and O–H groups in total. The molecule has 2 unspecified atom stereocenters. The first-order chi connectivity index (χ1) is 8.97. The van der Waals surface area contributed by atoms with Crippen LogP contribution in [0.3, 0.4) is 0 Å². The van der Waals surface area contributed by atoms with E-state index in [0.717, 1.165) is 6.42 Å². The SMILES string of the molecule is COc1ccc(C(=O)NC(C)CC(C)N)cc1OC. The van der Waals surface area contributed by atoms with Gasteiger partial charge in [-0.1, -0.05) is 0 Å². The van der Waals surface area contributed by atoms with Gasteiger partial charge in [-0.3, -0.25) is 4.79 Å². The summed E-state index contributed by atoms with van der Waals surface area (Å²) in [6, 6.07) is 5.16. The van der Waals surface area contributed by atoms with Crippen LogP contribution in [0.5, 0.6) is 11.5 Å². The molecule has 19 heavy (non-hydrogen) atoms. The van der Waals surface area contributed by atoms with Crippen LogP contribution in [0.15, 0.2) is 18.2 Å². The molecule has 0 saturated carbocycles. The fraction of sp³-hybridized carbons (Fsp3) is 0.500. The summed E-state index contributed by atoms with van der Waals surface area (Å²) >= 11 is 0. The van der Waals surface area contributed by atoms with Crippen LogP contribution in [0.1, 0.15) is 30.6 Å². The largest absolute Gasteiger partial charge is 0.493 e. The molecule has 1 aromatic carbocycles. The molecule has 5 nitrogen and oxygen atoms in total. The molecule has 0 aliphatic rings. The Balaban J connectivity index is 2.77. The molecule has 0 aliphatic heterocycles. The summed E-state index contributed by atoms with van der Waals surface area (Å²) in [5.41, 5.74) is 6.24. The third kappa shape index (κ3) is 4.44. The maximum atomic E-state index is 12.1. The Morgan fingerprint density at radius 3 is 2.42 bits per heavy atom. The van der Waals surface area contributed by atoms with Gasteiger partial charge in [0.05, 0.1) is 14.2 Å². The number of ether oxygens (including phenoxy) is 2. The highest BCUT2D eigenvalue weighted by molar-refractivity contribution is 5.95. The van der Waals surface area contributed by atoms with Gasteiger partial charge in [-0.2, -0.15) is 0 Å². The molecule has 0 saturated heterocycles. The normalized spacial score (nSPS) is 13.5. The van der Waals surface area contributed by atoms with Crippen LogP contribution in [-0.4, -0.2) is 32.2 Å². The third-order valence-electron chi connectivity index (χ3n) is 2.75. The van der Waals surface area contributed by atoms with Gasteiger partial charge in [0.25, 0.3) is 5.91 Å². The number of methoxy groups -OCH3 is 2. The fourth-order valence-corrected chi connectivity index (χ4v) is 1.90. The van der Waals surface area contributed by atoms with Gasteiger partial charge in [0, 0.05) is 17.6 Å². The van der Waals surface area contributed by atoms with Gasteiger partial charge in [-0.15, -0.1) is 0 Å². The van der Waals surface area contributed by atoms with E-state index in [1.54, 1.807) is 25.3 Å². The minimum Gasteiger partial charge on any atom is -0.493 e. The lowest BCUT2D eigenvalue weighted by atomic mass is 10.1. The molecule has 0 bridgehead atoms. The number of rotatable bonds is 6. The lowest BCUT2D eigenvalue weighted by Gasteiger charge is -2.16. The topological polar surface area (TPSA) is 73.6 Å². The fourth-order valence-electron chi connectivity index (χ4n) is 1.90. The van der Waals surface area contributed by atoms with Crippen molar-refractivity contribution in [2.45, 2.75) is 32.4 Å². The zero-order valence-corrected chi connectivity index (χ0v) is 11.9. The Bertz CT molecular complexity index is 433. The average Bonchev–Trinajstić information content (AvgIpc) is 2.36. The van der Waals surface area contributed by atoms with Crippen molar-refractivity contribution in [3.8, 4) is 11.5 Å². The first kappa shape index (κ1) is 15.3. The number of nitrogens with one attached hydrogen (secondary N) is 1. The third-order valence-corrected chi connectivity index (χ3v) is 2.75. The van der Waals surface area contributed by atoms with Gasteiger partial charge >= 0.3 is 0 Å². The average molecular weight is 266 g/mol. The van der Waals surface area contributed by atoms with Crippen molar-refractivity contribution < 1.29 is 14.3 Å². The number of carbonyl (C=O) groups is 1. The van der Waals surface area contributed by atoms with E-state index in [1.807, 2.05) is 13.8 Å². The van der Waals surface area contributed by atoms with Gasteiger partial charge in [0.15, 0.2) is 11.5 Å². The molecular weight excluding hydrogens is 244 g/mol. The van der Waals surface area contributed by atoms with E-state index in [1.165, 1.54) is 7.11 Å². The van der Waals surface area contributed by atoms with E-state index >= 15 is 0 Å². The zero-order chi connectivity index (χ0) is 14.4. The Morgan fingerprint density at radius 2 is 1.89 bits per heavy atom. The molecule has 5 heteroatoms. The Kier molecular flexibility index (Phi) is 5.63. The molecule has 2 atom stereocenters. The predicted molar refractivity (Wildman–Crippen MR) is 74.7 cm³/mol. The van der Waals surface area contributed by atoms with E-state index in [4.69, 9.17) is 15.2 Å². The standard InChI is InChI=1S/C14H22N2O3/c1-9(15)7-10(2)16-14(17)11-5-6-12(18-3)13(8-11)19-4/h5-6,8-10H,7,15H2,1-4H3,(H,16,17). The van der Waals surface area contributed by atoms with Crippen molar-refractivity contribution in [1.82, 2.24) is 5.32 Å². The van der Waals surface area contributed by atoms with Gasteiger partial charge in [0.1, 0.15) is 0 Å². The highest BCUT2D eigenvalue weighted by Crippen LogP contribution is 2.27. The van der Waals surface area contributed by atoms with Crippen LogP contribution >= 0.6 is 0 Å². The molecule has 0 heterocycles. The van der Waals surface area contributed by atoms with Crippen LogP contribution in [0.2, 0.25) is 0 Å². The van der Waals surface area contributed by atoms with E-state index in [0.29, 0.717) is 17.1 Å². The summed E-state index contributed by atoms with van der Waals surface area (Å²) in [5.74, 6) is 0.992. The zero-order valence-electron chi connectivity index (χ0n) is 11.9. The van der Waals surface area contributed by atoms with Crippen LogP contribution in [-0.2, 0) is 0 Å². The molecule has 0 aliphatic carbocycles. The first-order valence-electron chi connectivity index (χ1n) is 6.26. The molecule has 0 radical (unpaired) electrons. The Morgan fingerprint density at radius 1 is 1.26 bits per heavy atom. The van der Waals surface area contributed by atoms with Crippen LogP contribution in [0.25, 0.3) is 0 Å². The molecule has 1 rings (SSSR count). The smallest absolute Gasteiger partial charge is 0.251 e. The highest BCUT2D eigenvalue weighted by atomic mass is 16.5. The van der Waals surface area contributed by atoms with Crippen molar-refractivity contribution in [1.29, 1.82) is 0 Å². The molecule has 106 valence electrons. The van der Waals surface area contributed by atoms with E-state index in [2.05, 4.69) is 5.32 Å². The van der Waals surface area contributed by atoms with Gasteiger partial charge in [-0.05, 0) is 38.5 Å². The van der Waals surface area contributed by atoms with Crippen molar-refractivity contribution in [2.24, 2.45) is 5.73 Å². The van der Waals surface area contributed by atoms with E-state index < -0.39 is 0 Å². The Hall–Kier alpha value is -1.75. The van der Waals surface area contributed by atoms with Gasteiger partial charge in [-0.25, -0.2) is 0 Å². The molecule has 0 aromatic heterocycles. The van der Waals surface area contributed by atoms with Gasteiger partial charge < -0.3 is 20.5 Å². The second kappa shape index (κ2) is 6.99. The number of benzene rings is 1. The molecule has 1 aromatic rings. The quantitative estimate of drug-likeness (QED) is 0.819. The number of carbonyl (C=O) groups excluding carboxylic acids is 1. The number of hydrogen-bond acceptors (Lipinski definition) is 4. The van der Waals surface area contributed by atoms with Gasteiger partial charge in [0.2, 0.25) is 0 Å². The minimum absolute atomic E-state index is 0.0283. The number of amides is 1. The summed E-state index contributed by atoms with van der Waals surface area (Å²) in [6.45, 7) is 3.85. The molecule has 1 amide bonds. The first-order valence-corrected chi connectivity index (χ1v) is 6.26. The van der Waals surface area contributed by atoms with Crippen molar-refractivity contribution in [3.05, 3.63) is 23.8 Å². The maximum absolute atomic E-state index is 12.1. The van der Waals surface area contributed by atoms with Crippen LogP contribution < -0.4 is 20.5 Å². The monoisotopic (exact) mass is 266 g/mol. The number of nitrogens with two attached hydrogens (primary N) is 1. The lowest BCUT2D eigenvalue weighted by Crippen LogP contribution is -2.36.